The van der Waals surface area contributed by atoms with Crippen molar-refractivity contribution in [3.05, 3.63) is 0 Å². The molecule has 0 aliphatic carbocycles. The van der Waals surface area contributed by atoms with Crippen LogP contribution in [0.3, 0.4) is 0 Å². The van der Waals surface area contributed by atoms with Gasteiger partial charge >= 0.3 is 6.09 Å². The average molecular weight is 325 g/mol. The second kappa shape index (κ2) is 7.00. The van der Waals surface area contributed by atoms with E-state index in [1.807, 2.05) is 25.7 Å². The Labute approximate surface area is 142 Å². The second-order valence-electron chi connectivity index (χ2n) is 9.17. The molecule has 0 radical (unpaired) electrons. The van der Waals surface area contributed by atoms with Crippen molar-refractivity contribution in [3.8, 4) is 0 Å². The summed E-state index contributed by atoms with van der Waals surface area (Å²) in [6, 6.07) is 0. The first-order valence-corrected chi connectivity index (χ1v) is 9.32. The van der Waals surface area contributed by atoms with E-state index in [4.69, 9.17) is 4.74 Å². The Bertz CT molecular complexity index is 408. The maximum absolute atomic E-state index is 12.3. The number of hydrogen-bond donors (Lipinski definition) is 0. The summed E-state index contributed by atoms with van der Waals surface area (Å²) in [5.41, 5.74) is -0.190. The van der Waals surface area contributed by atoms with Gasteiger partial charge in [0, 0.05) is 31.7 Å². The second-order valence-corrected chi connectivity index (χ2v) is 9.17. The molecule has 0 bridgehead atoms. The molecule has 0 N–H and O–H groups in total. The molecule has 1 amide bonds. The summed E-state index contributed by atoms with van der Waals surface area (Å²) >= 11 is 0. The van der Waals surface area contributed by atoms with Crippen LogP contribution in [-0.2, 0) is 4.74 Å². The summed E-state index contributed by atoms with van der Waals surface area (Å²) in [4.78, 5) is 17.0. The fourth-order valence-electron chi connectivity index (χ4n) is 4.19. The number of likely N-dealkylation sites (tertiary alicyclic amines) is 2. The maximum Gasteiger partial charge on any atom is 0.410 e. The third-order valence-corrected chi connectivity index (χ3v) is 5.35. The monoisotopic (exact) mass is 324 g/mol. The fraction of sp³-hybridized carbons (Fsp3) is 0.947. The van der Waals surface area contributed by atoms with E-state index < -0.39 is 5.60 Å². The van der Waals surface area contributed by atoms with Crippen LogP contribution in [0.25, 0.3) is 0 Å². The molecule has 0 aromatic carbocycles. The van der Waals surface area contributed by atoms with Crippen LogP contribution in [0.1, 0.15) is 67.2 Å². The Morgan fingerprint density at radius 2 is 1.70 bits per heavy atom. The summed E-state index contributed by atoms with van der Waals surface area (Å²) in [5.74, 6) is 1.56. The average Bonchev–Trinajstić information content (AvgIpc) is 2.59. The summed E-state index contributed by atoms with van der Waals surface area (Å²) in [7, 11) is 0. The Balaban J connectivity index is 1.98. The number of ether oxygens (including phenoxy) is 1. The SMILES string of the molecule is CC1CC(C)CN(C2(C)CCCN(C(=O)OC(C)(C)C)CC2)C1. The Kier molecular flexibility index (Phi) is 5.65. The number of rotatable bonds is 1. The smallest absolute Gasteiger partial charge is 0.410 e. The zero-order valence-electron chi connectivity index (χ0n) is 16.0. The van der Waals surface area contributed by atoms with Gasteiger partial charge in [0.05, 0.1) is 0 Å². The minimum absolute atomic E-state index is 0.151. The van der Waals surface area contributed by atoms with E-state index in [0.717, 1.165) is 37.8 Å². The third-order valence-electron chi connectivity index (χ3n) is 5.35. The van der Waals surface area contributed by atoms with Crippen LogP contribution in [0, 0.1) is 11.8 Å². The zero-order chi connectivity index (χ0) is 17.3. The molecule has 2 heterocycles. The molecule has 2 fully saturated rings. The van der Waals surface area contributed by atoms with E-state index >= 15 is 0 Å². The van der Waals surface area contributed by atoms with Crippen molar-refractivity contribution in [2.75, 3.05) is 26.2 Å². The molecule has 0 saturated carbocycles. The molecule has 2 rings (SSSR count). The lowest BCUT2D eigenvalue weighted by atomic mass is 9.84. The molecular formula is C19H36N2O2. The highest BCUT2D eigenvalue weighted by Gasteiger charge is 2.38. The molecule has 0 aromatic heterocycles. The van der Waals surface area contributed by atoms with Gasteiger partial charge in [-0.3, -0.25) is 4.90 Å². The molecular weight excluding hydrogens is 288 g/mol. The lowest BCUT2D eigenvalue weighted by molar-refractivity contribution is 0.0168. The van der Waals surface area contributed by atoms with E-state index in [9.17, 15) is 4.79 Å². The summed E-state index contributed by atoms with van der Waals surface area (Å²) in [5, 5.41) is 0. The van der Waals surface area contributed by atoms with Gasteiger partial charge in [0.25, 0.3) is 0 Å². The first kappa shape index (κ1) is 18.6. The van der Waals surface area contributed by atoms with Crippen molar-refractivity contribution in [2.24, 2.45) is 11.8 Å². The van der Waals surface area contributed by atoms with Crippen LogP contribution in [0.5, 0.6) is 0 Å². The third kappa shape index (κ3) is 5.10. The van der Waals surface area contributed by atoms with E-state index in [0.29, 0.717) is 0 Å². The highest BCUT2D eigenvalue weighted by Crippen LogP contribution is 2.34. The van der Waals surface area contributed by atoms with Crippen LogP contribution >= 0.6 is 0 Å². The van der Waals surface area contributed by atoms with Crippen molar-refractivity contribution in [2.45, 2.75) is 78.4 Å². The Morgan fingerprint density at radius 3 is 2.26 bits per heavy atom. The Hall–Kier alpha value is -0.770. The van der Waals surface area contributed by atoms with Gasteiger partial charge in [-0.25, -0.2) is 4.79 Å². The molecule has 0 aromatic rings. The van der Waals surface area contributed by atoms with Crippen LogP contribution in [-0.4, -0.2) is 53.2 Å². The van der Waals surface area contributed by atoms with E-state index in [2.05, 4.69) is 25.7 Å². The first-order valence-electron chi connectivity index (χ1n) is 9.32. The molecule has 134 valence electrons. The number of piperidine rings is 1. The lowest BCUT2D eigenvalue weighted by Crippen LogP contribution is -2.53. The Morgan fingerprint density at radius 1 is 1.09 bits per heavy atom. The van der Waals surface area contributed by atoms with Gasteiger partial charge in [0.2, 0.25) is 0 Å². The predicted molar refractivity (Wildman–Crippen MR) is 94.6 cm³/mol. The summed E-state index contributed by atoms with van der Waals surface area (Å²) in [6.07, 6.45) is 4.48. The number of hydrogen-bond acceptors (Lipinski definition) is 3. The van der Waals surface area contributed by atoms with Crippen molar-refractivity contribution >= 4 is 6.09 Å². The molecule has 4 nitrogen and oxygen atoms in total. The highest BCUT2D eigenvalue weighted by molar-refractivity contribution is 5.68. The number of carbonyl (C=O) groups is 1. The zero-order valence-corrected chi connectivity index (χ0v) is 16.0. The van der Waals surface area contributed by atoms with Gasteiger partial charge in [-0.2, -0.15) is 0 Å². The summed E-state index contributed by atoms with van der Waals surface area (Å²) in [6.45, 7) is 17.0. The minimum Gasteiger partial charge on any atom is -0.444 e. The van der Waals surface area contributed by atoms with Crippen molar-refractivity contribution in [1.82, 2.24) is 9.80 Å². The standard InChI is InChI=1S/C19H36N2O2/c1-15-12-16(2)14-21(13-15)19(6)8-7-10-20(11-9-19)17(22)23-18(3,4)5/h15-16H,7-14H2,1-6H3. The van der Waals surface area contributed by atoms with Crippen molar-refractivity contribution < 1.29 is 9.53 Å². The van der Waals surface area contributed by atoms with E-state index in [1.54, 1.807) is 0 Å². The van der Waals surface area contributed by atoms with Gasteiger partial charge in [-0.15, -0.1) is 0 Å². The highest BCUT2D eigenvalue weighted by atomic mass is 16.6. The quantitative estimate of drug-likeness (QED) is 0.726. The minimum atomic E-state index is -0.412. The van der Waals surface area contributed by atoms with Crippen LogP contribution < -0.4 is 0 Å². The molecule has 23 heavy (non-hydrogen) atoms. The topological polar surface area (TPSA) is 32.8 Å². The molecule has 3 unspecified atom stereocenters. The van der Waals surface area contributed by atoms with E-state index in [1.165, 1.54) is 25.9 Å². The first-order chi connectivity index (χ1) is 10.6. The summed E-state index contributed by atoms with van der Waals surface area (Å²) < 4.78 is 5.55. The molecule has 4 heteroatoms. The molecule has 2 aliphatic heterocycles. The van der Waals surface area contributed by atoms with Gasteiger partial charge in [0.1, 0.15) is 5.60 Å². The molecule has 2 aliphatic rings. The normalized spacial score (nSPS) is 34.1. The van der Waals surface area contributed by atoms with Gasteiger partial charge in [0.15, 0.2) is 0 Å². The fourth-order valence-corrected chi connectivity index (χ4v) is 4.19. The van der Waals surface area contributed by atoms with Crippen LogP contribution in [0.15, 0.2) is 0 Å². The number of amides is 1. The molecule has 0 spiro atoms. The number of carbonyl (C=O) groups excluding carboxylic acids is 1. The van der Waals surface area contributed by atoms with E-state index in [-0.39, 0.29) is 11.6 Å². The van der Waals surface area contributed by atoms with Crippen LogP contribution in [0.2, 0.25) is 0 Å². The van der Waals surface area contributed by atoms with Gasteiger partial charge < -0.3 is 9.64 Å². The largest absolute Gasteiger partial charge is 0.444 e. The van der Waals surface area contributed by atoms with Gasteiger partial charge in [-0.05, 0) is 65.2 Å². The molecule has 3 atom stereocenters. The lowest BCUT2D eigenvalue weighted by Gasteiger charge is -2.47. The molecule has 2 saturated heterocycles. The van der Waals surface area contributed by atoms with Crippen LogP contribution in [0.4, 0.5) is 4.79 Å². The maximum atomic E-state index is 12.3. The number of nitrogens with zero attached hydrogens (tertiary/aromatic N) is 2. The predicted octanol–water partition coefficient (Wildman–Crippen LogP) is 4.14. The van der Waals surface area contributed by atoms with Crippen molar-refractivity contribution in [1.29, 1.82) is 0 Å². The van der Waals surface area contributed by atoms with Crippen molar-refractivity contribution in [3.63, 3.8) is 0 Å². The van der Waals surface area contributed by atoms with Gasteiger partial charge in [-0.1, -0.05) is 13.8 Å².